The number of benzene rings is 1. The molecule has 0 fully saturated rings. The van der Waals surface area contributed by atoms with Crippen LogP contribution < -0.4 is 0 Å². The number of ketones is 1. The molecule has 0 saturated heterocycles. The number of carbonyl (C=O) groups excluding carboxylic acids is 1. The molecule has 0 aliphatic rings. The SMILES string of the molecule is CCCCCCc1ccc(C(=O)C(F)(F)F)cc1[N+](=O)[O-]. The van der Waals surface area contributed by atoms with Crippen molar-refractivity contribution in [2.75, 3.05) is 0 Å². The van der Waals surface area contributed by atoms with Gasteiger partial charge in [0.05, 0.1) is 4.92 Å². The lowest BCUT2D eigenvalue weighted by atomic mass is 10.0. The summed E-state index contributed by atoms with van der Waals surface area (Å²) in [5.74, 6) is -2.07. The van der Waals surface area contributed by atoms with E-state index in [1.165, 1.54) is 6.07 Å². The summed E-state index contributed by atoms with van der Waals surface area (Å²) in [6, 6.07) is 2.95. The molecule has 0 radical (unpaired) electrons. The van der Waals surface area contributed by atoms with Crippen LogP contribution in [-0.2, 0) is 6.42 Å². The van der Waals surface area contributed by atoms with Gasteiger partial charge in [0.2, 0.25) is 0 Å². The lowest BCUT2D eigenvalue weighted by Gasteiger charge is -2.07. The minimum Gasteiger partial charge on any atom is -0.284 e. The number of hydrogen-bond acceptors (Lipinski definition) is 3. The number of carbonyl (C=O) groups is 1. The monoisotopic (exact) mass is 303 g/mol. The van der Waals surface area contributed by atoms with E-state index in [1.54, 1.807) is 0 Å². The van der Waals surface area contributed by atoms with E-state index in [-0.39, 0.29) is 0 Å². The zero-order valence-electron chi connectivity index (χ0n) is 11.6. The van der Waals surface area contributed by atoms with Crippen LogP contribution in [0, 0.1) is 10.1 Å². The van der Waals surface area contributed by atoms with Gasteiger partial charge >= 0.3 is 6.18 Å². The Labute approximate surface area is 120 Å². The van der Waals surface area contributed by atoms with Crippen molar-refractivity contribution < 1.29 is 22.9 Å². The number of aryl methyl sites for hydroxylation is 1. The van der Waals surface area contributed by atoms with Crippen LogP contribution >= 0.6 is 0 Å². The normalized spacial score (nSPS) is 11.4. The predicted octanol–water partition coefficient (Wildman–Crippen LogP) is 4.46. The summed E-state index contributed by atoms with van der Waals surface area (Å²) < 4.78 is 37.0. The van der Waals surface area contributed by atoms with Gasteiger partial charge in [0.25, 0.3) is 11.5 Å². The molecule has 116 valence electrons. The number of nitro groups is 1. The fourth-order valence-corrected chi connectivity index (χ4v) is 1.99. The molecule has 4 nitrogen and oxygen atoms in total. The van der Waals surface area contributed by atoms with Gasteiger partial charge in [-0.3, -0.25) is 14.9 Å². The summed E-state index contributed by atoms with van der Waals surface area (Å²) in [5, 5.41) is 10.9. The van der Waals surface area contributed by atoms with E-state index in [9.17, 15) is 28.1 Å². The van der Waals surface area contributed by atoms with Gasteiger partial charge in [-0.15, -0.1) is 0 Å². The summed E-state index contributed by atoms with van der Waals surface area (Å²) in [6.45, 7) is 2.03. The highest BCUT2D eigenvalue weighted by atomic mass is 19.4. The zero-order valence-corrected chi connectivity index (χ0v) is 11.6. The molecule has 1 rings (SSSR count). The van der Waals surface area contributed by atoms with Crippen LogP contribution in [0.15, 0.2) is 18.2 Å². The van der Waals surface area contributed by atoms with Crippen molar-refractivity contribution in [3.8, 4) is 0 Å². The first kappa shape index (κ1) is 17.1. The molecule has 0 amide bonds. The van der Waals surface area contributed by atoms with Crippen LogP contribution in [0.3, 0.4) is 0 Å². The second kappa shape index (κ2) is 7.19. The van der Waals surface area contributed by atoms with Crippen LogP contribution in [0.25, 0.3) is 0 Å². The fraction of sp³-hybridized carbons (Fsp3) is 0.500. The first-order chi connectivity index (χ1) is 9.77. The van der Waals surface area contributed by atoms with Crippen LogP contribution in [0.2, 0.25) is 0 Å². The maximum absolute atomic E-state index is 12.3. The Morgan fingerprint density at radius 2 is 1.90 bits per heavy atom. The van der Waals surface area contributed by atoms with E-state index in [0.717, 1.165) is 31.7 Å². The van der Waals surface area contributed by atoms with Crippen LogP contribution in [0.1, 0.15) is 48.5 Å². The molecule has 0 heterocycles. The van der Waals surface area contributed by atoms with Gasteiger partial charge in [0, 0.05) is 17.2 Å². The van der Waals surface area contributed by atoms with E-state index in [0.29, 0.717) is 18.1 Å². The average Bonchev–Trinajstić information content (AvgIpc) is 2.41. The lowest BCUT2D eigenvalue weighted by Crippen LogP contribution is -2.22. The number of nitro benzene ring substituents is 1. The summed E-state index contributed by atoms with van der Waals surface area (Å²) in [7, 11) is 0. The molecule has 0 unspecified atom stereocenters. The minimum absolute atomic E-state index is 0.356. The van der Waals surface area contributed by atoms with Crippen molar-refractivity contribution in [3.05, 3.63) is 39.4 Å². The molecule has 0 atom stereocenters. The number of alkyl halides is 3. The van der Waals surface area contributed by atoms with Gasteiger partial charge in [-0.25, -0.2) is 0 Å². The molecule has 0 aromatic heterocycles. The maximum atomic E-state index is 12.3. The van der Waals surface area contributed by atoms with Crippen molar-refractivity contribution in [3.63, 3.8) is 0 Å². The second-order valence-corrected chi connectivity index (χ2v) is 4.74. The molecule has 0 spiro atoms. The van der Waals surface area contributed by atoms with Crippen LogP contribution in [0.4, 0.5) is 18.9 Å². The highest BCUT2D eigenvalue weighted by Gasteiger charge is 2.39. The molecular weight excluding hydrogens is 287 g/mol. The van der Waals surface area contributed by atoms with Crippen molar-refractivity contribution in [2.45, 2.75) is 45.2 Å². The Hall–Kier alpha value is -1.92. The Kier molecular flexibility index (Phi) is 5.87. The van der Waals surface area contributed by atoms with Crippen molar-refractivity contribution >= 4 is 11.5 Å². The second-order valence-electron chi connectivity index (χ2n) is 4.74. The summed E-state index contributed by atoms with van der Waals surface area (Å²) >= 11 is 0. The third kappa shape index (κ3) is 4.84. The predicted molar refractivity (Wildman–Crippen MR) is 71.3 cm³/mol. The highest BCUT2D eigenvalue weighted by molar-refractivity contribution is 6.00. The van der Waals surface area contributed by atoms with Crippen molar-refractivity contribution in [2.24, 2.45) is 0 Å². The Bertz CT molecular complexity index is 527. The molecule has 0 aliphatic carbocycles. The number of unbranched alkanes of at least 4 members (excludes halogenated alkanes) is 3. The molecule has 0 saturated carbocycles. The van der Waals surface area contributed by atoms with Crippen LogP contribution in [0.5, 0.6) is 0 Å². The van der Waals surface area contributed by atoms with Gasteiger partial charge in [0.15, 0.2) is 0 Å². The van der Waals surface area contributed by atoms with Crippen molar-refractivity contribution in [1.82, 2.24) is 0 Å². The van der Waals surface area contributed by atoms with E-state index >= 15 is 0 Å². The van der Waals surface area contributed by atoms with Crippen LogP contribution in [-0.4, -0.2) is 16.9 Å². The van der Waals surface area contributed by atoms with Gasteiger partial charge in [-0.1, -0.05) is 38.3 Å². The third-order valence-electron chi connectivity index (χ3n) is 3.10. The van der Waals surface area contributed by atoms with E-state index in [2.05, 4.69) is 0 Å². The van der Waals surface area contributed by atoms with Crippen molar-refractivity contribution in [1.29, 1.82) is 0 Å². The molecule has 21 heavy (non-hydrogen) atoms. The standard InChI is InChI=1S/C14H16F3NO3/c1-2-3-4-5-6-10-7-8-11(9-12(10)18(20)21)13(19)14(15,16)17/h7-9H,2-6H2,1H3. The maximum Gasteiger partial charge on any atom is 0.454 e. The number of rotatable bonds is 7. The number of nitrogens with zero attached hydrogens (tertiary/aromatic N) is 1. The highest BCUT2D eigenvalue weighted by Crippen LogP contribution is 2.27. The van der Waals surface area contributed by atoms with Gasteiger partial charge in [-0.05, 0) is 12.8 Å². The number of halogens is 3. The summed E-state index contributed by atoms with van der Waals surface area (Å²) in [5.41, 5.74) is -0.775. The Morgan fingerprint density at radius 1 is 1.24 bits per heavy atom. The first-order valence-electron chi connectivity index (χ1n) is 6.66. The smallest absolute Gasteiger partial charge is 0.284 e. The quantitative estimate of drug-likeness (QED) is 0.323. The van der Waals surface area contributed by atoms with Gasteiger partial charge < -0.3 is 0 Å². The zero-order chi connectivity index (χ0) is 16.0. The molecule has 0 bridgehead atoms. The van der Waals surface area contributed by atoms with Gasteiger partial charge in [0.1, 0.15) is 0 Å². The minimum atomic E-state index is -5.03. The Morgan fingerprint density at radius 3 is 2.43 bits per heavy atom. The number of Topliss-reactive ketones (excluding diaryl/α,β-unsaturated/α-hetero) is 1. The molecule has 0 aliphatic heterocycles. The van der Waals surface area contributed by atoms with Gasteiger partial charge in [-0.2, -0.15) is 13.2 Å². The largest absolute Gasteiger partial charge is 0.454 e. The van der Waals surface area contributed by atoms with E-state index in [1.807, 2.05) is 6.92 Å². The topological polar surface area (TPSA) is 60.2 Å². The van der Waals surface area contributed by atoms with E-state index < -0.39 is 28.1 Å². The fourth-order valence-electron chi connectivity index (χ4n) is 1.99. The first-order valence-corrected chi connectivity index (χ1v) is 6.66. The molecule has 1 aromatic rings. The third-order valence-corrected chi connectivity index (χ3v) is 3.10. The Balaban J connectivity index is 2.97. The molecule has 7 heteroatoms. The molecule has 1 aromatic carbocycles. The molecule has 0 N–H and O–H groups in total. The lowest BCUT2D eigenvalue weighted by molar-refractivity contribution is -0.385. The number of hydrogen-bond donors (Lipinski definition) is 0. The summed E-state index contributed by atoms with van der Waals surface area (Å²) in [6.07, 6.45) is -0.981. The van der Waals surface area contributed by atoms with E-state index in [4.69, 9.17) is 0 Å². The average molecular weight is 303 g/mol. The molecular formula is C14H16F3NO3. The summed E-state index contributed by atoms with van der Waals surface area (Å²) in [4.78, 5) is 21.3.